The van der Waals surface area contributed by atoms with Crippen LogP contribution in [-0.2, 0) is 9.53 Å². The van der Waals surface area contributed by atoms with Crippen molar-refractivity contribution in [3.63, 3.8) is 0 Å². The van der Waals surface area contributed by atoms with Gasteiger partial charge in [-0.15, -0.1) is 0 Å². The molecule has 0 amide bonds. The number of hydrogen-bond acceptors (Lipinski definition) is 6. The minimum atomic E-state index is -0.650. The number of carbonyl (C=O) groups is 1. The molecule has 0 aliphatic rings. The number of pyridine rings is 1. The Labute approximate surface area is 116 Å². The van der Waals surface area contributed by atoms with E-state index in [4.69, 9.17) is 9.47 Å². The highest BCUT2D eigenvalue weighted by Gasteiger charge is 2.21. The van der Waals surface area contributed by atoms with E-state index in [9.17, 15) is 14.9 Å². The molecule has 0 aromatic carbocycles. The van der Waals surface area contributed by atoms with Gasteiger partial charge >= 0.3 is 11.7 Å². The van der Waals surface area contributed by atoms with Crippen LogP contribution in [0.1, 0.15) is 26.5 Å². The molecular weight excluding hydrogens is 264 g/mol. The maximum Gasteiger partial charge on any atom is 0.344 e. The summed E-state index contributed by atoms with van der Waals surface area (Å²) in [4.78, 5) is 25.6. The molecule has 0 spiro atoms. The molecule has 0 unspecified atom stereocenters. The van der Waals surface area contributed by atoms with Gasteiger partial charge in [-0.25, -0.2) is 9.78 Å². The van der Waals surface area contributed by atoms with Crippen molar-refractivity contribution in [2.24, 2.45) is 0 Å². The predicted molar refractivity (Wildman–Crippen MR) is 72.3 cm³/mol. The fourth-order valence-electron chi connectivity index (χ4n) is 1.30. The van der Waals surface area contributed by atoms with Crippen molar-refractivity contribution < 1.29 is 19.2 Å². The van der Waals surface area contributed by atoms with Crippen LogP contribution in [-0.4, -0.2) is 28.1 Å². The second-order valence-electron chi connectivity index (χ2n) is 4.90. The van der Waals surface area contributed by atoms with Gasteiger partial charge in [0.2, 0.25) is 0 Å². The Morgan fingerprint density at radius 3 is 2.65 bits per heavy atom. The van der Waals surface area contributed by atoms with Crippen LogP contribution in [0, 0.1) is 10.1 Å². The molecule has 0 radical (unpaired) electrons. The fourth-order valence-corrected chi connectivity index (χ4v) is 1.30. The van der Waals surface area contributed by atoms with Crippen molar-refractivity contribution in [3.05, 3.63) is 34.5 Å². The van der Waals surface area contributed by atoms with E-state index in [1.54, 1.807) is 20.8 Å². The van der Waals surface area contributed by atoms with Crippen LogP contribution in [0.4, 0.5) is 5.69 Å². The summed E-state index contributed by atoms with van der Waals surface area (Å²) in [6.45, 7) is 8.19. The van der Waals surface area contributed by atoms with E-state index in [-0.39, 0.29) is 11.6 Å². The van der Waals surface area contributed by atoms with Crippen LogP contribution in [0.15, 0.2) is 18.7 Å². The second kappa shape index (κ2) is 6.14. The predicted octanol–water partition coefficient (Wildman–Crippen LogP) is 2.35. The zero-order valence-corrected chi connectivity index (χ0v) is 11.6. The Balaban J connectivity index is 2.83. The lowest BCUT2D eigenvalue weighted by atomic mass is 10.2. The molecule has 20 heavy (non-hydrogen) atoms. The number of esters is 1. The normalized spacial score (nSPS) is 10.8. The van der Waals surface area contributed by atoms with E-state index in [1.807, 2.05) is 0 Å². The Hall–Kier alpha value is -2.44. The first kappa shape index (κ1) is 15.6. The summed E-state index contributed by atoms with van der Waals surface area (Å²) >= 11 is 0. The monoisotopic (exact) mass is 280 g/mol. The van der Waals surface area contributed by atoms with E-state index >= 15 is 0 Å². The molecule has 1 rings (SSSR count). The van der Waals surface area contributed by atoms with Gasteiger partial charge < -0.3 is 9.47 Å². The molecular formula is C13H16N2O5. The lowest BCUT2D eigenvalue weighted by Crippen LogP contribution is -2.27. The van der Waals surface area contributed by atoms with Gasteiger partial charge in [-0.1, -0.05) is 6.58 Å². The summed E-state index contributed by atoms with van der Waals surface area (Å²) in [6.07, 6.45) is 1.42. The maximum atomic E-state index is 11.5. The van der Waals surface area contributed by atoms with E-state index in [1.165, 1.54) is 18.2 Å². The van der Waals surface area contributed by atoms with Crippen LogP contribution >= 0.6 is 0 Å². The van der Waals surface area contributed by atoms with Gasteiger partial charge in [-0.3, -0.25) is 10.1 Å². The van der Waals surface area contributed by atoms with E-state index < -0.39 is 23.1 Å². The molecule has 1 heterocycles. The van der Waals surface area contributed by atoms with Gasteiger partial charge in [0, 0.05) is 6.07 Å². The van der Waals surface area contributed by atoms with Crippen LogP contribution in [0.25, 0.3) is 6.08 Å². The summed E-state index contributed by atoms with van der Waals surface area (Å²) < 4.78 is 10.1. The topological polar surface area (TPSA) is 91.6 Å². The molecule has 108 valence electrons. The average Bonchev–Trinajstić information content (AvgIpc) is 2.33. The summed E-state index contributed by atoms with van der Waals surface area (Å²) in [5.41, 5.74) is -0.558. The largest absolute Gasteiger partial charge is 0.461 e. The van der Waals surface area contributed by atoms with Gasteiger partial charge in [0.1, 0.15) is 5.60 Å². The van der Waals surface area contributed by atoms with Gasteiger partial charge in [0.25, 0.3) is 5.88 Å². The molecule has 0 N–H and O–H groups in total. The lowest BCUT2D eigenvalue weighted by Gasteiger charge is -2.19. The van der Waals surface area contributed by atoms with Crippen molar-refractivity contribution in [1.82, 2.24) is 4.98 Å². The van der Waals surface area contributed by atoms with Gasteiger partial charge in [-0.2, -0.15) is 0 Å². The SMILES string of the molecule is C=Cc1ccc([N+](=O)[O-])c(OCC(=O)OC(C)(C)C)n1. The van der Waals surface area contributed by atoms with E-state index in [2.05, 4.69) is 11.6 Å². The number of aromatic nitrogens is 1. The number of rotatable bonds is 5. The molecule has 0 aliphatic carbocycles. The number of nitrogens with zero attached hydrogens (tertiary/aromatic N) is 2. The summed E-state index contributed by atoms with van der Waals surface area (Å²) in [6, 6.07) is 2.68. The number of ether oxygens (including phenoxy) is 2. The molecule has 0 saturated heterocycles. The van der Waals surface area contributed by atoms with Crippen LogP contribution in [0.2, 0.25) is 0 Å². The highest BCUT2D eigenvalue weighted by Crippen LogP contribution is 2.25. The van der Waals surface area contributed by atoms with Gasteiger partial charge in [0.05, 0.1) is 10.6 Å². The number of nitro groups is 1. The Kier molecular flexibility index (Phi) is 4.79. The standard InChI is InChI=1S/C13H16N2O5/c1-5-9-6-7-10(15(17)18)12(14-9)19-8-11(16)20-13(2,3)4/h5-7H,1,8H2,2-4H3. The zero-order valence-electron chi connectivity index (χ0n) is 11.6. The van der Waals surface area contributed by atoms with Crippen LogP contribution in [0.5, 0.6) is 5.88 Å². The summed E-state index contributed by atoms with van der Waals surface area (Å²) in [5.74, 6) is -0.865. The first-order chi connectivity index (χ1) is 9.23. The Bertz CT molecular complexity index is 534. The van der Waals surface area contributed by atoms with Crippen molar-refractivity contribution in [2.75, 3.05) is 6.61 Å². The Morgan fingerprint density at radius 1 is 1.50 bits per heavy atom. The van der Waals surface area contributed by atoms with E-state index in [0.29, 0.717) is 5.69 Å². The first-order valence-electron chi connectivity index (χ1n) is 5.85. The second-order valence-corrected chi connectivity index (χ2v) is 4.90. The number of hydrogen-bond donors (Lipinski definition) is 0. The van der Waals surface area contributed by atoms with E-state index in [0.717, 1.165) is 0 Å². The lowest BCUT2D eigenvalue weighted by molar-refractivity contribution is -0.386. The van der Waals surface area contributed by atoms with Gasteiger partial charge in [-0.05, 0) is 32.9 Å². The minimum absolute atomic E-state index is 0.238. The van der Waals surface area contributed by atoms with Crippen molar-refractivity contribution >= 4 is 17.7 Å². The van der Waals surface area contributed by atoms with Crippen molar-refractivity contribution in [1.29, 1.82) is 0 Å². The molecule has 1 aromatic rings. The zero-order chi connectivity index (χ0) is 15.3. The summed E-state index contributed by atoms with van der Waals surface area (Å²) in [7, 11) is 0. The third-order valence-electron chi connectivity index (χ3n) is 2.01. The Morgan fingerprint density at radius 2 is 2.15 bits per heavy atom. The third kappa shape index (κ3) is 4.68. The van der Waals surface area contributed by atoms with Crippen molar-refractivity contribution in [2.45, 2.75) is 26.4 Å². The first-order valence-corrected chi connectivity index (χ1v) is 5.85. The molecule has 0 aliphatic heterocycles. The minimum Gasteiger partial charge on any atom is -0.461 e. The fraction of sp³-hybridized carbons (Fsp3) is 0.385. The highest BCUT2D eigenvalue weighted by atomic mass is 16.6. The molecule has 1 aromatic heterocycles. The quantitative estimate of drug-likeness (QED) is 0.467. The molecule has 7 nitrogen and oxygen atoms in total. The smallest absolute Gasteiger partial charge is 0.344 e. The molecule has 0 bridgehead atoms. The molecule has 0 atom stereocenters. The average molecular weight is 280 g/mol. The van der Waals surface area contributed by atoms with Crippen molar-refractivity contribution in [3.8, 4) is 5.88 Å². The third-order valence-corrected chi connectivity index (χ3v) is 2.01. The van der Waals surface area contributed by atoms with Gasteiger partial charge in [0.15, 0.2) is 6.61 Å². The molecule has 0 fully saturated rings. The number of carbonyl (C=O) groups excluding carboxylic acids is 1. The van der Waals surface area contributed by atoms with Crippen LogP contribution in [0.3, 0.4) is 0 Å². The highest BCUT2D eigenvalue weighted by molar-refractivity contribution is 5.71. The molecule has 7 heteroatoms. The van der Waals surface area contributed by atoms with Crippen LogP contribution < -0.4 is 4.74 Å². The molecule has 0 saturated carbocycles. The summed E-state index contributed by atoms with van der Waals surface area (Å²) in [5, 5.41) is 10.8. The maximum absolute atomic E-state index is 11.5.